The molecule has 0 saturated heterocycles. The molecule has 22 heavy (non-hydrogen) atoms. The zero-order chi connectivity index (χ0) is 15.4. The Kier molecular flexibility index (Phi) is 4.16. The quantitative estimate of drug-likeness (QED) is 0.784. The van der Waals surface area contributed by atoms with E-state index in [4.69, 9.17) is 10.5 Å². The fourth-order valence-electron chi connectivity index (χ4n) is 2.46. The summed E-state index contributed by atoms with van der Waals surface area (Å²) in [4.78, 5) is 0. The van der Waals surface area contributed by atoms with Crippen LogP contribution in [0.1, 0.15) is 17.0 Å². The molecule has 0 aliphatic rings. The van der Waals surface area contributed by atoms with Crippen LogP contribution in [0.3, 0.4) is 0 Å². The number of hydrogen-bond acceptors (Lipinski definition) is 4. The van der Waals surface area contributed by atoms with Gasteiger partial charge in [0.2, 0.25) is 0 Å². The molecule has 2 aromatic carbocycles. The highest BCUT2D eigenvalue weighted by Gasteiger charge is 2.16. The molecule has 112 valence electrons. The number of aromatic nitrogens is 3. The van der Waals surface area contributed by atoms with E-state index in [1.165, 1.54) is 5.56 Å². The highest BCUT2D eigenvalue weighted by Crippen LogP contribution is 2.24. The average molecular weight is 294 g/mol. The Morgan fingerprint density at radius 1 is 1.05 bits per heavy atom. The van der Waals surface area contributed by atoms with Gasteiger partial charge in [0.25, 0.3) is 0 Å². The summed E-state index contributed by atoms with van der Waals surface area (Å²) in [6.07, 6.45) is 0.721. The van der Waals surface area contributed by atoms with Crippen molar-refractivity contribution in [2.24, 2.45) is 5.73 Å². The molecule has 1 aromatic heterocycles. The number of nitrogens with zero attached hydrogens (tertiary/aromatic N) is 3. The number of benzene rings is 2. The molecular formula is C17H18N4O. The van der Waals surface area contributed by atoms with Gasteiger partial charge in [0, 0.05) is 13.0 Å². The van der Waals surface area contributed by atoms with E-state index in [0.717, 1.165) is 29.2 Å². The normalized spacial score (nSPS) is 10.6. The van der Waals surface area contributed by atoms with Crippen molar-refractivity contribution >= 4 is 0 Å². The Labute approximate surface area is 129 Å². The third-order valence-electron chi connectivity index (χ3n) is 3.56. The van der Waals surface area contributed by atoms with E-state index >= 15 is 0 Å². The Bertz CT molecular complexity index is 752. The molecule has 0 amide bonds. The standard InChI is InChI=1S/C17H18N4O/c1-22-17-10-6-5-9-15(17)21-16(14(12-18)19-20-21)11-13-7-3-2-4-8-13/h2-10H,11-12,18H2,1H3. The number of methoxy groups -OCH3 is 1. The average Bonchev–Trinajstić information content (AvgIpc) is 2.98. The van der Waals surface area contributed by atoms with Crippen molar-refractivity contribution in [2.75, 3.05) is 7.11 Å². The monoisotopic (exact) mass is 294 g/mol. The zero-order valence-corrected chi connectivity index (χ0v) is 12.4. The van der Waals surface area contributed by atoms with Gasteiger partial charge in [-0.3, -0.25) is 0 Å². The van der Waals surface area contributed by atoms with Gasteiger partial charge in [0.15, 0.2) is 0 Å². The third-order valence-corrected chi connectivity index (χ3v) is 3.56. The van der Waals surface area contributed by atoms with Gasteiger partial charge >= 0.3 is 0 Å². The van der Waals surface area contributed by atoms with Crippen molar-refractivity contribution in [3.05, 3.63) is 71.5 Å². The second-order valence-electron chi connectivity index (χ2n) is 4.93. The first kappa shape index (κ1) is 14.3. The van der Waals surface area contributed by atoms with Crippen molar-refractivity contribution in [1.82, 2.24) is 15.0 Å². The van der Waals surface area contributed by atoms with E-state index < -0.39 is 0 Å². The summed E-state index contributed by atoms with van der Waals surface area (Å²) in [6, 6.07) is 18.0. The Morgan fingerprint density at radius 2 is 1.77 bits per heavy atom. The van der Waals surface area contributed by atoms with Crippen molar-refractivity contribution < 1.29 is 4.74 Å². The zero-order valence-electron chi connectivity index (χ0n) is 12.4. The molecule has 0 radical (unpaired) electrons. The van der Waals surface area contributed by atoms with E-state index in [1.807, 2.05) is 47.1 Å². The maximum Gasteiger partial charge on any atom is 0.144 e. The van der Waals surface area contributed by atoms with Crippen LogP contribution in [0, 0.1) is 0 Å². The summed E-state index contributed by atoms with van der Waals surface area (Å²) in [6.45, 7) is 0.358. The molecule has 1 heterocycles. The number of nitrogens with two attached hydrogens (primary N) is 1. The molecule has 3 rings (SSSR count). The van der Waals surface area contributed by atoms with Gasteiger partial charge < -0.3 is 10.5 Å². The first-order chi connectivity index (χ1) is 10.8. The fraction of sp³-hybridized carbons (Fsp3) is 0.176. The van der Waals surface area contributed by atoms with E-state index in [-0.39, 0.29) is 0 Å². The highest BCUT2D eigenvalue weighted by molar-refractivity contribution is 5.47. The molecule has 0 saturated carbocycles. The lowest BCUT2D eigenvalue weighted by molar-refractivity contribution is 0.411. The van der Waals surface area contributed by atoms with Crippen LogP contribution in [0.15, 0.2) is 54.6 Å². The van der Waals surface area contributed by atoms with Crippen LogP contribution in [0.25, 0.3) is 5.69 Å². The van der Waals surface area contributed by atoms with Crippen LogP contribution in [-0.4, -0.2) is 22.1 Å². The molecule has 5 heteroatoms. The Balaban J connectivity index is 2.07. The van der Waals surface area contributed by atoms with Gasteiger partial charge in [-0.25, -0.2) is 4.68 Å². The first-order valence-electron chi connectivity index (χ1n) is 7.14. The van der Waals surface area contributed by atoms with Crippen molar-refractivity contribution in [3.8, 4) is 11.4 Å². The van der Waals surface area contributed by atoms with Gasteiger partial charge in [0.1, 0.15) is 17.1 Å². The summed E-state index contributed by atoms with van der Waals surface area (Å²) >= 11 is 0. The number of hydrogen-bond donors (Lipinski definition) is 1. The molecular weight excluding hydrogens is 276 g/mol. The van der Waals surface area contributed by atoms with Crippen LogP contribution in [0.4, 0.5) is 0 Å². The van der Waals surface area contributed by atoms with Gasteiger partial charge in [-0.2, -0.15) is 0 Å². The van der Waals surface area contributed by atoms with E-state index in [2.05, 4.69) is 22.4 Å². The maximum absolute atomic E-state index is 5.82. The topological polar surface area (TPSA) is 66.0 Å². The van der Waals surface area contributed by atoms with Gasteiger partial charge in [0.05, 0.1) is 12.8 Å². The molecule has 3 aromatic rings. The van der Waals surface area contributed by atoms with Gasteiger partial charge in [-0.15, -0.1) is 5.10 Å². The van der Waals surface area contributed by atoms with Crippen LogP contribution < -0.4 is 10.5 Å². The Hall–Kier alpha value is -2.66. The minimum Gasteiger partial charge on any atom is -0.494 e. The van der Waals surface area contributed by atoms with E-state index in [9.17, 15) is 0 Å². The lowest BCUT2D eigenvalue weighted by Gasteiger charge is -2.11. The van der Waals surface area contributed by atoms with Crippen molar-refractivity contribution in [1.29, 1.82) is 0 Å². The third kappa shape index (κ3) is 2.71. The molecule has 0 unspecified atom stereocenters. The summed E-state index contributed by atoms with van der Waals surface area (Å²) in [5.74, 6) is 0.755. The van der Waals surface area contributed by atoms with Crippen molar-refractivity contribution in [2.45, 2.75) is 13.0 Å². The summed E-state index contributed by atoms with van der Waals surface area (Å²) in [5.41, 5.74) is 9.66. The molecule has 0 bridgehead atoms. The smallest absolute Gasteiger partial charge is 0.144 e. The molecule has 0 fully saturated rings. The summed E-state index contributed by atoms with van der Waals surface area (Å²) < 4.78 is 7.24. The summed E-state index contributed by atoms with van der Waals surface area (Å²) in [7, 11) is 1.65. The number of para-hydroxylation sites is 2. The van der Waals surface area contributed by atoms with Gasteiger partial charge in [-0.05, 0) is 17.7 Å². The molecule has 0 atom stereocenters. The highest BCUT2D eigenvalue weighted by atomic mass is 16.5. The molecule has 5 nitrogen and oxygen atoms in total. The van der Waals surface area contributed by atoms with Crippen LogP contribution >= 0.6 is 0 Å². The predicted molar refractivity (Wildman–Crippen MR) is 85.1 cm³/mol. The molecule has 2 N–H and O–H groups in total. The largest absolute Gasteiger partial charge is 0.494 e. The molecule has 0 aliphatic heterocycles. The SMILES string of the molecule is COc1ccccc1-n1nnc(CN)c1Cc1ccccc1. The van der Waals surface area contributed by atoms with E-state index in [0.29, 0.717) is 6.54 Å². The molecule has 0 spiro atoms. The van der Waals surface area contributed by atoms with Crippen LogP contribution in [0.2, 0.25) is 0 Å². The second-order valence-corrected chi connectivity index (χ2v) is 4.93. The second kappa shape index (κ2) is 6.41. The van der Waals surface area contributed by atoms with Gasteiger partial charge in [-0.1, -0.05) is 47.7 Å². The molecule has 0 aliphatic carbocycles. The number of ether oxygens (including phenoxy) is 1. The van der Waals surface area contributed by atoms with Crippen molar-refractivity contribution in [3.63, 3.8) is 0 Å². The minimum atomic E-state index is 0.358. The first-order valence-corrected chi connectivity index (χ1v) is 7.14. The summed E-state index contributed by atoms with van der Waals surface area (Å²) in [5, 5.41) is 8.48. The lowest BCUT2D eigenvalue weighted by Crippen LogP contribution is -2.08. The minimum absolute atomic E-state index is 0.358. The maximum atomic E-state index is 5.82. The lowest BCUT2D eigenvalue weighted by atomic mass is 10.1. The van der Waals surface area contributed by atoms with Crippen LogP contribution in [-0.2, 0) is 13.0 Å². The predicted octanol–water partition coefficient (Wildman–Crippen LogP) is 2.33. The van der Waals surface area contributed by atoms with Crippen LogP contribution in [0.5, 0.6) is 5.75 Å². The fourth-order valence-corrected chi connectivity index (χ4v) is 2.46. The Morgan fingerprint density at radius 3 is 2.50 bits per heavy atom. The number of rotatable bonds is 5. The van der Waals surface area contributed by atoms with E-state index in [1.54, 1.807) is 7.11 Å².